The molecule has 3 aromatic rings. The summed E-state index contributed by atoms with van der Waals surface area (Å²) < 4.78 is 0. The molecule has 0 radical (unpaired) electrons. The molecule has 0 aliphatic carbocycles. The first-order chi connectivity index (χ1) is 11.1. The van der Waals surface area contributed by atoms with Crippen molar-refractivity contribution in [2.75, 3.05) is 0 Å². The molecule has 0 unspecified atom stereocenters. The fourth-order valence-corrected chi connectivity index (χ4v) is 4.10. The maximum absolute atomic E-state index is 13.0. The summed E-state index contributed by atoms with van der Waals surface area (Å²) in [5.41, 5.74) is 3.02. The number of amides is 1. The normalized spacial score (nSPS) is 10.7. The van der Waals surface area contributed by atoms with Crippen LogP contribution in [0.3, 0.4) is 0 Å². The van der Waals surface area contributed by atoms with Gasteiger partial charge in [-0.2, -0.15) is 0 Å². The van der Waals surface area contributed by atoms with Crippen LogP contribution < -0.4 is 0 Å². The maximum Gasteiger partial charge on any atom is 0.254 e. The number of hydrogen-bond acceptors (Lipinski definition) is 3. The van der Waals surface area contributed by atoms with E-state index in [-0.39, 0.29) is 5.91 Å². The highest BCUT2D eigenvalue weighted by molar-refractivity contribution is 7.10. The molecule has 2 heterocycles. The van der Waals surface area contributed by atoms with E-state index in [9.17, 15) is 4.79 Å². The van der Waals surface area contributed by atoms with E-state index in [0.29, 0.717) is 13.1 Å². The molecule has 0 spiro atoms. The third-order valence-electron chi connectivity index (χ3n) is 3.61. The van der Waals surface area contributed by atoms with Gasteiger partial charge < -0.3 is 4.90 Å². The van der Waals surface area contributed by atoms with E-state index in [1.807, 2.05) is 43.0 Å². The summed E-state index contributed by atoms with van der Waals surface area (Å²) in [6, 6.07) is 14.3. The van der Waals surface area contributed by atoms with Gasteiger partial charge in [0.2, 0.25) is 0 Å². The van der Waals surface area contributed by atoms with Crippen LogP contribution in [0.2, 0.25) is 0 Å². The second kappa shape index (κ2) is 7.11. The van der Waals surface area contributed by atoms with Crippen molar-refractivity contribution < 1.29 is 4.79 Å². The number of nitrogens with zero attached hydrogens (tertiary/aromatic N) is 1. The van der Waals surface area contributed by atoms with E-state index in [0.717, 1.165) is 16.7 Å². The Bertz CT molecular complexity index is 719. The number of hydrogen-bond donors (Lipinski definition) is 0. The predicted octanol–water partition coefficient (Wildman–Crippen LogP) is 5.27. The summed E-state index contributed by atoms with van der Waals surface area (Å²) in [6.07, 6.45) is 0. The Labute approximate surface area is 145 Å². The first kappa shape index (κ1) is 16.0. The van der Waals surface area contributed by atoms with Crippen molar-refractivity contribution in [3.05, 3.63) is 79.7 Å². The summed E-state index contributed by atoms with van der Waals surface area (Å²) in [4.78, 5) is 17.4. The lowest BCUT2D eigenvalue weighted by Gasteiger charge is -2.22. The van der Waals surface area contributed by atoms with Crippen LogP contribution in [0, 0.1) is 13.8 Å². The zero-order valence-electron chi connectivity index (χ0n) is 13.3. The Kier molecular flexibility index (Phi) is 4.94. The molecule has 0 bridgehead atoms. The maximum atomic E-state index is 13.0. The van der Waals surface area contributed by atoms with E-state index >= 15 is 0 Å². The van der Waals surface area contributed by atoms with Gasteiger partial charge in [0.15, 0.2) is 0 Å². The molecule has 1 amide bonds. The molecule has 0 saturated carbocycles. The van der Waals surface area contributed by atoms with Gasteiger partial charge in [-0.1, -0.05) is 29.3 Å². The Morgan fingerprint density at radius 3 is 1.87 bits per heavy atom. The summed E-state index contributed by atoms with van der Waals surface area (Å²) in [7, 11) is 0. The van der Waals surface area contributed by atoms with Crippen molar-refractivity contribution >= 4 is 28.6 Å². The van der Waals surface area contributed by atoms with Crippen LogP contribution in [0.5, 0.6) is 0 Å². The van der Waals surface area contributed by atoms with Gasteiger partial charge in [0.25, 0.3) is 5.91 Å². The van der Waals surface area contributed by atoms with Crippen LogP contribution in [0.1, 0.15) is 31.2 Å². The number of aryl methyl sites for hydroxylation is 2. The SMILES string of the molecule is Cc1cc(C)cc(C(=O)N(Cc2cccs2)Cc2cccs2)c1. The Hall–Kier alpha value is -1.91. The summed E-state index contributed by atoms with van der Waals surface area (Å²) in [5.74, 6) is 0.0959. The number of thiophene rings is 2. The van der Waals surface area contributed by atoms with Gasteiger partial charge in [0, 0.05) is 15.3 Å². The van der Waals surface area contributed by atoms with E-state index in [2.05, 4.69) is 29.0 Å². The minimum absolute atomic E-state index is 0.0959. The number of benzene rings is 1. The Morgan fingerprint density at radius 2 is 1.43 bits per heavy atom. The first-order valence-electron chi connectivity index (χ1n) is 7.54. The average Bonchev–Trinajstić information content (AvgIpc) is 3.18. The van der Waals surface area contributed by atoms with Gasteiger partial charge in [0.05, 0.1) is 13.1 Å². The number of carbonyl (C=O) groups is 1. The first-order valence-corrected chi connectivity index (χ1v) is 9.30. The van der Waals surface area contributed by atoms with E-state index in [4.69, 9.17) is 0 Å². The van der Waals surface area contributed by atoms with Gasteiger partial charge >= 0.3 is 0 Å². The van der Waals surface area contributed by atoms with Crippen molar-refractivity contribution in [1.29, 1.82) is 0 Å². The quantitative estimate of drug-likeness (QED) is 0.619. The molecule has 2 nitrogen and oxygen atoms in total. The second-order valence-electron chi connectivity index (χ2n) is 5.70. The van der Waals surface area contributed by atoms with Crippen LogP contribution in [-0.2, 0) is 13.1 Å². The van der Waals surface area contributed by atoms with Crippen molar-refractivity contribution in [3.63, 3.8) is 0 Å². The lowest BCUT2D eigenvalue weighted by atomic mass is 10.1. The van der Waals surface area contributed by atoms with Gasteiger partial charge in [-0.05, 0) is 48.9 Å². The van der Waals surface area contributed by atoms with Crippen molar-refractivity contribution in [2.45, 2.75) is 26.9 Å². The molecule has 23 heavy (non-hydrogen) atoms. The van der Waals surface area contributed by atoms with Gasteiger partial charge in [-0.15, -0.1) is 22.7 Å². The molecule has 0 aliphatic heterocycles. The zero-order chi connectivity index (χ0) is 16.2. The molecular formula is C19H19NOS2. The molecular weight excluding hydrogens is 322 g/mol. The third-order valence-corrected chi connectivity index (χ3v) is 5.33. The van der Waals surface area contributed by atoms with Crippen LogP contribution in [-0.4, -0.2) is 10.8 Å². The lowest BCUT2D eigenvalue weighted by molar-refractivity contribution is 0.0733. The van der Waals surface area contributed by atoms with Crippen molar-refractivity contribution in [3.8, 4) is 0 Å². The molecule has 0 atom stereocenters. The topological polar surface area (TPSA) is 20.3 Å². The van der Waals surface area contributed by atoms with Gasteiger partial charge in [-0.25, -0.2) is 0 Å². The largest absolute Gasteiger partial charge is 0.328 e. The second-order valence-corrected chi connectivity index (χ2v) is 7.76. The summed E-state index contributed by atoms with van der Waals surface area (Å²) in [6.45, 7) is 5.38. The predicted molar refractivity (Wildman–Crippen MR) is 98.1 cm³/mol. The molecule has 1 aromatic carbocycles. The Balaban J connectivity index is 1.88. The molecule has 0 saturated heterocycles. The van der Waals surface area contributed by atoms with Gasteiger partial charge in [0.1, 0.15) is 0 Å². The number of rotatable bonds is 5. The highest BCUT2D eigenvalue weighted by atomic mass is 32.1. The van der Waals surface area contributed by atoms with Crippen LogP contribution >= 0.6 is 22.7 Å². The zero-order valence-corrected chi connectivity index (χ0v) is 14.9. The van der Waals surface area contributed by atoms with Crippen molar-refractivity contribution in [2.24, 2.45) is 0 Å². The highest BCUT2D eigenvalue weighted by Gasteiger charge is 2.18. The lowest BCUT2D eigenvalue weighted by Crippen LogP contribution is -2.29. The fourth-order valence-electron chi connectivity index (χ4n) is 2.66. The molecule has 118 valence electrons. The summed E-state index contributed by atoms with van der Waals surface area (Å²) in [5, 5.41) is 4.11. The monoisotopic (exact) mass is 341 g/mol. The van der Waals surface area contributed by atoms with E-state index in [1.165, 1.54) is 9.75 Å². The number of carbonyl (C=O) groups excluding carboxylic acids is 1. The van der Waals surface area contributed by atoms with E-state index in [1.54, 1.807) is 22.7 Å². The molecule has 4 heteroatoms. The molecule has 0 N–H and O–H groups in total. The smallest absolute Gasteiger partial charge is 0.254 e. The minimum Gasteiger partial charge on any atom is -0.328 e. The van der Waals surface area contributed by atoms with Crippen LogP contribution in [0.4, 0.5) is 0 Å². The Morgan fingerprint density at radius 1 is 0.913 bits per heavy atom. The van der Waals surface area contributed by atoms with Crippen LogP contribution in [0.15, 0.2) is 53.2 Å². The standard InChI is InChI=1S/C19H19NOS2/c1-14-9-15(2)11-16(10-14)19(21)20(12-17-5-3-7-22-17)13-18-6-4-8-23-18/h3-11H,12-13H2,1-2H3. The molecule has 0 aliphatic rings. The minimum atomic E-state index is 0.0959. The molecule has 0 fully saturated rings. The highest BCUT2D eigenvalue weighted by Crippen LogP contribution is 2.20. The van der Waals surface area contributed by atoms with Gasteiger partial charge in [-0.3, -0.25) is 4.79 Å². The van der Waals surface area contributed by atoms with E-state index < -0.39 is 0 Å². The fraction of sp³-hybridized carbons (Fsp3) is 0.211. The van der Waals surface area contributed by atoms with Crippen LogP contribution in [0.25, 0.3) is 0 Å². The molecule has 3 rings (SSSR count). The van der Waals surface area contributed by atoms with Crippen molar-refractivity contribution in [1.82, 2.24) is 4.90 Å². The summed E-state index contributed by atoms with van der Waals surface area (Å²) >= 11 is 3.38. The third kappa shape index (κ3) is 4.09. The average molecular weight is 342 g/mol. The molecule has 2 aromatic heterocycles.